The van der Waals surface area contributed by atoms with Gasteiger partial charge in [-0.2, -0.15) is 0 Å². The highest BCUT2D eigenvalue weighted by atomic mass is 79.9. The van der Waals surface area contributed by atoms with Crippen LogP contribution in [0.2, 0.25) is 0 Å². The maximum Gasteiger partial charge on any atom is 0.223 e. The van der Waals surface area contributed by atoms with Gasteiger partial charge in [-0.15, -0.1) is 0 Å². The smallest absolute Gasteiger partial charge is 0.223 e. The van der Waals surface area contributed by atoms with E-state index in [2.05, 4.69) is 33.4 Å². The van der Waals surface area contributed by atoms with Gasteiger partial charge in [-0.1, -0.05) is 28.1 Å². The van der Waals surface area contributed by atoms with E-state index in [4.69, 9.17) is 0 Å². The molecule has 2 aliphatic rings. The standard InChI is InChI=1S/C18H23BrN2O2/c19-15-5-1-4-14(12-15)16-6-3-11-21(16)17(22)7-2-10-20-18(23)13-8-9-13/h1,4-5,12-13,16H,2-3,6-11H2,(H,20,23). The number of benzene rings is 1. The van der Waals surface area contributed by atoms with Crippen LogP contribution in [0.15, 0.2) is 28.7 Å². The summed E-state index contributed by atoms with van der Waals surface area (Å²) in [5, 5.41) is 2.93. The van der Waals surface area contributed by atoms with Gasteiger partial charge < -0.3 is 10.2 Å². The molecule has 4 nitrogen and oxygen atoms in total. The van der Waals surface area contributed by atoms with E-state index in [-0.39, 0.29) is 23.8 Å². The summed E-state index contributed by atoms with van der Waals surface area (Å²) in [7, 11) is 0. The van der Waals surface area contributed by atoms with Crippen molar-refractivity contribution in [2.75, 3.05) is 13.1 Å². The molecule has 1 aliphatic heterocycles. The molecular formula is C18H23BrN2O2. The first-order valence-corrected chi connectivity index (χ1v) is 9.27. The van der Waals surface area contributed by atoms with Crippen molar-refractivity contribution in [3.8, 4) is 0 Å². The van der Waals surface area contributed by atoms with Crippen molar-refractivity contribution in [3.63, 3.8) is 0 Å². The fourth-order valence-electron chi connectivity index (χ4n) is 3.21. The van der Waals surface area contributed by atoms with Gasteiger partial charge in [0.1, 0.15) is 0 Å². The van der Waals surface area contributed by atoms with Crippen LogP contribution >= 0.6 is 15.9 Å². The minimum absolute atomic E-state index is 0.158. The van der Waals surface area contributed by atoms with Crippen molar-refractivity contribution in [3.05, 3.63) is 34.3 Å². The second-order valence-corrected chi connectivity index (χ2v) is 7.38. The molecule has 1 atom stereocenters. The minimum atomic E-state index is 0.158. The van der Waals surface area contributed by atoms with Crippen LogP contribution in [0.4, 0.5) is 0 Å². The molecule has 1 saturated carbocycles. The van der Waals surface area contributed by atoms with Crippen molar-refractivity contribution < 1.29 is 9.59 Å². The van der Waals surface area contributed by atoms with E-state index in [1.807, 2.05) is 17.0 Å². The lowest BCUT2D eigenvalue weighted by molar-refractivity contribution is -0.132. The van der Waals surface area contributed by atoms with Crippen LogP contribution < -0.4 is 5.32 Å². The number of hydrogen-bond donors (Lipinski definition) is 1. The Morgan fingerprint density at radius 1 is 1.26 bits per heavy atom. The van der Waals surface area contributed by atoms with E-state index in [0.717, 1.165) is 43.1 Å². The second kappa shape index (κ2) is 7.47. The summed E-state index contributed by atoms with van der Waals surface area (Å²) < 4.78 is 1.05. The van der Waals surface area contributed by atoms with Crippen molar-refractivity contribution in [1.82, 2.24) is 10.2 Å². The molecule has 5 heteroatoms. The number of rotatable bonds is 6. The molecule has 0 spiro atoms. The summed E-state index contributed by atoms with van der Waals surface area (Å²) in [6, 6.07) is 8.42. The van der Waals surface area contributed by atoms with Crippen LogP contribution in [0.5, 0.6) is 0 Å². The van der Waals surface area contributed by atoms with Crippen LogP contribution in [-0.2, 0) is 9.59 Å². The third kappa shape index (κ3) is 4.34. The number of hydrogen-bond acceptors (Lipinski definition) is 2. The number of nitrogens with one attached hydrogen (secondary N) is 1. The van der Waals surface area contributed by atoms with Crippen LogP contribution in [0.25, 0.3) is 0 Å². The zero-order chi connectivity index (χ0) is 16.2. The first-order valence-electron chi connectivity index (χ1n) is 8.48. The zero-order valence-corrected chi connectivity index (χ0v) is 14.8. The van der Waals surface area contributed by atoms with Crippen LogP contribution in [0.1, 0.15) is 50.1 Å². The average Bonchev–Trinajstić information content (AvgIpc) is 3.28. The molecule has 2 amide bonds. The Hall–Kier alpha value is -1.36. The van der Waals surface area contributed by atoms with Crippen molar-refractivity contribution in [2.45, 2.75) is 44.6 Å². The largest absolute Gasteiger partial charge is 0.356 e. The van der Waals surface area contributed by atoms with Crippen molar-refractivity contribution in [2.24, 2.45) is 5.92 Å². The molecule has 23 heavy (non-hydrogen) atoms. The van der Waals surface area contributed by atoms with E-state index < -0.39 is 0 Å². The summed E-state index contributed by atoms with van der Waals surface area (Å²) in [6.07, 6.45) is 5.36. The lowest BCUT2D eigenvalue weighted by atomic mass is 10.0. The van der Waals surface area contributed by atoms with Gasteiger partial charge in [0.2, 0.25) is 11.8 Å². The zero-order valence-electron chi connectivity index (χ0n) is 13.3. The van der Waals surface area contributed by atoms with Gasteiger partial charge in [0.15, 0.2) is 0 Å². The quantitative estimate of drug-likeness (QED) is 0.770. The number of halogens is 1. The topological polar surface area (TPSA) is 49.4 Å². The normalized spacial score (nSPS) is 20.6. The molecular weight excluding hydrogens is 356 g/mol. The monoisotopic (exact) mass is 378 g/mol. The number of carbonyl (C=O) groups is 2. The number of amides is 2. The minimum Gasteiger partial charge on any atom is -0.356 e. The highest BCUT2D eigenvalue weighted by Gasteiger charge is 2.30. The highest BCUT2D eigenvalue weighted by Crippen LogP contribution is 2.33. The van der Waals surface area contributed by atoms with Crippen LogP contribution in [-0.4, -0.2) is 29.8 Å². The maximum absolute atomic E-state index is 12.5. The van der Waals surface area contributed by atoms with E-state index in [1.54, 1.807) is 0 Å². The number of nitrogens with zero attached hydrogens (tertiary/aromatic N) is 1. The number of likely N-dealkylation sites (tertiary alicyclic amines) is 1. The van der Waals surface area contributed by atoms with Gasteiger partial charge >= 0.3 is 0 Å². The molecule has 2 fully saturated rings. The summed E-state index contributed by atoms with van der Waals surface area (Å²) >= 11 is 3.50. The Morgan fingerprint density at radius 3 is 2.83 bits per heavy atom. The molecule has 0 radical (unpaired) electrons. The third-order valence-electron chi connectivity index (χ3n) is 4.62. The molecule has 1 aliphatic carbocycles. The molecule has 1 unspecified atom stereocenters. The average molecular weight is 379 g/mol. The van der Waals surface area contributed by atoms with Crippen LogP contribution in [0.3, 0.4) is 0 Å². The Balaban J connectivity index is 1.48. The van der Waals surface area contributed by atoms with E-state index in [0.29, 0.717) is 13.0 Å². The van der Waals surface area contributed by atoms with Gasteiger partial charge in [0.05, 0.1) is 6.04 Å². The van der Waals surface area contributed by atoms with Gasteiger partial charge in [0, 0.05) is 29.9 Å². The Labute approximate surface area is 145 Å². The molecule has 124 valence electrons. The molecule has 3 rings (SSSR count). The highest BCUT2D eigenvalue weighted by molar-refractivity contribution is 9.10. The maximum atomic E-state index is 12.5. The fraction of sp³-hybridized carbons (Fsp3) is 0.556. The van der Waals surface area contributed by atoms with Gasteiger partial charge in [0.25, 0.3) is 0 Å². The molecule has 1 aromatic rings. The van der Waals surface area contributed by atoms with Gasteiger partial charge in [-0.05, 0) is 49.8 Å². The first-order chi connectivity index (χ1) is 11.1. The SMILES string of the molecule is O=C(NCCCC(=O)N1CCCC1c1cccc(Br)c1)C1CC1. The Morgan fingerprint density at radius 2 is 2.09 bits per heavy atom. The first kappa shape index (κ1) is 16.5. The second-order valence-electron chi connectivity index (χ2n) is 6.47. The number of carbonyl (C=O) groups excluding carboxylic acids is 2. The van der Waals surface area contributed by atoms with Crippen LogP contribution in [0, 0.1) is 5.92 Å². The van der Waals surface area contributed by atoms with Gasteiger partial charge in [-0.25, -0.2) is 0 Å². The lowest BCUT2D eigenvalue weighted by Crippen LogP contribution is -2.32. The third-order valence-corrected chi connectivity index (χ3v) is 5.11. The predicted octanol–water partition coefficient (Wildman–Crippen LogP) is 3.42. The van der Waals surface area contributed by atoms with E-state index in [1.165, 1.54) is 5.56 Å². The molecule has 1 aromatic carbocycles. The van der Waals surface area contributed by atoms with E-state index in [9.17, 15) is 9.59 Å². The van der Waals surface area contributed by atoms with Crippen molar-refractivity contribution >= 4 is 27.7 Å². The van der Waals surface area contributed by atoms with Crippen molar-refractivity contribution in [1.29, 1.82) is 0 Å². The van der Waals surface area contributed by atoms with Gasteiger partial charge in [-0.3, -0.25) is 9.59 Å². The molecule has 1 N–H and O–H groups in total. The molecule has 0 bridgehead atoms. The molecule has 1 saturated heterocycles. The summed E-state index contributed by atoms with van der Waals surface area (Å²) in [5.74, 6) is 0.601. The summed E-state index contributed by atoms with van der Waals surface area (Å²) in [4.78, 5) is 26.1. The summed E-state index contributed by atoms with van der Waals surface area (Å²) in [5.41, 5.74) is 1.20. The molecule has 0 aromatic heterocycles. The Kier molecular flexibility index (Phi) is 5.36. The van der Waals surface area contributed by atoms with E-state index >= 15 is 0 Å². The Bertz CT molecular complexity index is 586. The lowest BCUT2D eigenvalue weighted by Gasteiger charge is -2.25. The molecule has 1 heterocycles. The predicted molar refractivity (Wildman–Crippen MR) is 92.8 cm³/mol. The fourth-order valence-corrected chi connectivity index (χ4v) is 3.63. The summed E-state index contributed by atoms with van der Waals surface area (Å²) in [6.45, 7) is 1.45.